The molecular formula is C15H18NO6P. The van der Waals surface area contributed by atoms with Crippen molar-refractivity contribution in [3.8, 4) is 5.75 Å². The van der Waals surface area contributed by atoms with Crippen LogP contribution in [-0.4, -0.2) is 30.8 Å². The summed E-state index contributed by atoms with van der Waals surface area (Å²) in [4.78, 5) is 18.0. The van der Waals surface area contributed by atoms with Gasteiger partial charge in [-0.25, -0.2) is 4.57 Å². The largest absolute Gasteiger partial charge is 0.512 e. The number of hydrogen-bond donors (Lipinski definition) is 5. The van der Waals surface area contributed by atoms with Crippen molar-refractivity contribution in [1.82, 2.24) is 0 Å². The van der Waals surface area contributed by atoms with Crippen LogP contribution in [0.3, 0.4) is 0 Å². The van der Waals surface area contributed by atoms with Gasteiger partial charge in [-0.2, -0.15) is 4.76 Å². The highest BCUT2D eigenvalue weighted by Crippen LogP contribution is 2.39. The number of phenolic OH excluding ortho intramolecular Hbond substituents is 1. The topological polar surface area (TPSA) is 131 Å². The molecular weight excluding hydrogens is 321 g/mol. The molecule has 7 nitrogen and oxygen atoms in total. The summed E-state index contributed by atoms with van der Waals surface area (Å²) >= 11 is 0. The van der Waals surface area contributed by atoms with Gasteiger partial charge in [0.05, 0.1) is 5.71 Å². The fourth-order valence-corrected chi connectivity index (χ4v) is 2.93. The average Bonchev–Trinajstić information content (AvgIpc) is 2.40. The zero-order valence-corrected chi connectivity index (χ0v) is 13.1. The summed E-state index contributed by atoms with van der Waals surface area (Å²) in [6, 6.07) is 6.78. The van der Waals surface area contributed by atoms with Crippen LogP contribution in [0.1, 0.15) is 24.8 Å². The van der Waals surface area contributed by atoms with E-state index in [1.165, 1.54) is 0 Å². The average molecular weight is 339 g/mol. The fourth-order valence-electron chi connectivity index (χ4n) is 2.43. The van der Waals surface area contributed by atoms with Crippen LogP contribution in [0.4, 0.5) is 0 Å². The molecule has 0 saturated carbocycles. The molecule has 0 radical (unpaired) electrons. The zero-order chi connectivity index (χ0) is 17.0. The molecule has 0 fully saturated rings. The SMILES string of the molecule is O=P(O)(O)N=C1CC(O)=CC(O)=C1CCCc1cccc(O)c1. The number of aliphatic hydroxyl groups is 2. The zero-order valence-electron chi connectivity index (χ0n) is 12.3. The number of aromatic hydroxyl groups is 1. The predicted octanol–water partition coefficient (Wildman–Crippen LogP) is 2.91. The second-order valence-electron chi connectivity index (χ2n) is 5.26. The Hall–Kier alpha value is -2.08. The third-order valence-electron chi connectivity index (χ3n) is 3.36. The molecule has 5 N–H and O–H groups in total. The highest BCUT2D eigenvalue weighted by Gasteiger charge is 2.23. The van der Waals surface area contributed by atoms with E-state index in [1.54, 1.807) is 18.2 Å². The van der Waals surface area contributed by atoms with Crippen LogP contribution in [0.5, 0.6) is 5.75 Å². The van der Waals surface area contributed by atoms with E-state index in [9.17, 15) is 19.9 Å². The van der Waals surface area contributed by atoms with Crippen molar-refractivity contribution in [3.05, 3.63) is 53.0 Å². The number of allylic oxidation sites excluding steroid dienone is 3. The van der Waals surface area contributed by atoms with Gasteiger partial charge in [0.1, 0.15) is 17.3 Å². The van der Waals surface area contributed by atoms with Crippen molar-refractivity contribution in [2.45, 2.75) is 25.7 Å². The normalized spacial score (nSPS) is 17.5. The summed E-state index contributed by atoms with van der Waals surface area (Å²) < 4.78 is 14.4. The van der Waals surface area contributed by atoms with Crippen molar-refractivity contribution in [2.24, 2.45) is 4.76 Å². The molecule has 0 spiro atoms. The minimum absolute atomic E-state index is 0.00765. The quantitative estimate of drug-likeness (QED) is 0.524. The maximum absolute atomic E-state index is 11.1. The van der Waals surface area contributed by atoms with Gasteiger partial charge in [-0.3, -0.25) is 0 Å². The van der Waals surface area contributed by atoms with E-state index < -0.39 is 7.75 Å². The summed E-state index contributed by atoms with van der Waals surface area (Å²) in [5.74, 6) is -0.276. The molecule has 0 saturated heterocycles. The van der Waals surface area contributed by atoms with E-state index in [2.05, 4.69) is 4.76 Å². The van der Waals surface area contributed by atoms with Crippen molar-refractivity contribution in [2.75, 3.05) is 0 Å². The van der Waals surface area contributed by atoms with E-state index in [1.807, 2.05) is 6.07 Å². The Kier molecular flexibility index (Phi) is 5.26. The molecule has 23 heavy (non-hydrogen) atoms. The highest BCUT2D eigenvalue weighted by molar-refractivity contribution is 7.50. The molecule has 0 aromatic heterocycles. The lowest BCUT2D eigenvalue weighted by Crippen LogP contribution is -2.12. The van der Waals surface area contributed by atoms with Crippen LogP contribution in [0.2, 0.25) is 0 Å². The van der Waals surface area contributed by atoms with Crippen molar-refractivity contribution in [3.63, 3.8) is 0 Å². The van der Waals surface area contributed by atoms with Gasteiger partial charge in [0.2, 0.25) is 0 Å². The summed E-state index contributed by atoms with van der Waals surface area (Å²) in [6.07, 6.45) is 2.56. The van der Waals surface area contributed by atoms with Gasteiger partial charge in [-0.1, -0.05) is 12.1 Å². The predicted molar refractivity (Wildman–Crippen MR) is 85.5 cm³/mol. The van der Waals surface area contributed by atoms with Gasteiger partial charge >= 0.3 is 7.75 Å². The molecule has 124 valence electrons. The summed E-state index contributed by atoms with van der Waals surface area (Å²) in [6.45, 7) is 0. The maximum Gasteiger partial charge on any atom is 0.448 e. The summed E-state index contributed by atoms with van der Waals surface area (Å²) in [5.41, 5.74) is 1.21. The standard InChI is InChI=1S/C15H18NO6P/c17-11-5-1-3-10(7-11)4-2-6-13-14(16-23(20,21)22)8-12(18)9-15(13)19/h1,3,5,7,9,17-19H,2,4,6,8H2,(H2,20,21,22). The van der Waals surface area contributed by atoms with E-state index >= 15 is 0 Å². The van der Waals surface area contributed by atoms with Gasteiger partial charge in [-0.05, 0) is 37.0 Å². The Morgan fingerprint density at radius 2 is 1.87 bits per heavy atom. The Labute approximate surface area is 133 Å². The van der Waals surface area contributed by atoms with E-state index in [4.69, 9.17) is 9.79 Å². The maximum atomic E-state index is 11.1. The molecule has 2 rings (SSSR count). The summed E-state index contributed by atoms with van der Waals surface area (Å²) in [7, 11) is -4.65. The van der Waals surface area contributed by atoms with E-state index in [-0.39, 0.29) is 29.4 Å². The second-order valence-corrected chi connectivity index (χ2v) is 6.49. The third-order valence-corrected chi connectivity index (χ3v) is 3.87. The molecule has 0 amide bonds. The van der Waals surface area contributed by atoms with E-state index in [0.717, 1.165) is 11.6 Å². The number of aryl methyl sites for hydroxylation is 1. The van der Waals surface area contributed by atoms with Gasteiger partial charge < -0.3 is 25.1 Å². The van der Waals surface area contributed by atoms with Gasteiger partial charge in [0, 0.05) is 18.1 Å². The number of hydrogen-bond acceptors (Lipinski definition) is 4. The van der Waals surface area contributed by atoms with Crippen molar-refractivity contribution >= 4 is 13.5 Å². The number of nitrogens with zero attached hydrogens (tertiary/aromatic N) is 1. The lowest BCUT2D eigenvalue weighted by molar-refractivity contribution is 0.373. The van der Waals surface area contributed by atoms with Crippen LogP contribution in [0.25, 0.3) is 0 Å². The molecule has 0 unspecified atom stereocenters. The molecule has 1 aromatic carbocycles. The number of rotatable bonds is 5. The first-order valence-corrected chi connectivity index (χ1v) is 8.56. The Morgan fingerprint density at radius 3 is 2.52 bits per heavy atom. The summed E-state index contributed by atoms with van der Waals surface area (Å²) in [5, 5.41) is 28.8. The molecule has 0 atom stereocenters. The highest BCUT2D eigenvalue weighted by atomic mass is 31.2. The molecule has 1 aliphatic rings. The van der Waals surface area contributed by atoms with Crippen LogP contribution in [0, 0.1) is 0 Å². The number of benzene rings is 1. The molecule has 0 aliphatic heterocycles. The Bertz CT molecular complexity index is 731. The van der Waals surface area contributed by atoms with Gasteiger partial charge in [-0.15, -0.1) is 0 Å². The fraction of sp³-hybridized carbons (Fsp3) is 0.267. The van der Waals surface area contributed by atoms with Crippen LogP contribution < -0.4 is 0 Å². The molecule has 0 bridgehead atoms. The first-order valence-electron chi connectivity index (χ1n) is 6.99. The van der Waals surface area contributed by atoms with Crippen LogP contribution in [0.15, 0.2) is 52.2 Å². The number of phenols is 1. The lowest BCUT2D eigenvalue weighted by atomic mass is 9.94. The lowest BCUT2D eigenvalue weighted by Gasteiger charge is -2.17. The first-order chi connectivity index (χ1) is 10.7. The molecule has 8 heteroatoms. The van der Waals surface area contributed by atoms with Crippen molar-refractivity contribution < 1.29 is 29.7 Å². The second kappa shape index (κ2) is 7.00. The van der Waals surface area contributed by atoms with E-state index in [0.29, 0.717) is 24.8 Å². The smallest absolute Gasteiger partial charge is 0.448 e. The minimum atomic E-state index is -4.65. The van der Waals surface area contributed by atoms with Crippen molar-refractivity contribution in [1.29, 1.82) is 0 Å². The minimum Gasteiger partial charge on any atom is -0.512 e. The number of aliphatic hydroxyl groups excluding tert-OH is 2. The first kappa shape index (κ1) is 17.3. The van der Waals surface area contributed by atoms with Crippen LogP contribution in [-0.2, 0) is 11.0 Å². The third kappa shape index (κ3) is 5.25. The monoisotopic (exact) mass is 339 g/mol. The Morgan fingerprint density at radius 1 is 1.13 bits per heavy atom. The van der Waals surface area contributed by atoms with Crippen LogP contribution >= 0.6 is 7.75 Å². The molecule has 0 heterocycles. The molecule has 1 aliphatic carbocycles. The molecule has 1 aromatic rings. The van der Waals surface area contributed by atoms with Gasteiger partial charge in [0.25, 0.3) is 0 Å². The Balaban J connectivity index is 2.13. The van der Waals surface area contributed by atoms with Gasteiger partial charge in [0.15, 0.2) is 0 Å².